The Bertz CT molecular complexity index is 1080. The minimum atomic E-state index is -5.04. The van der Waals surface area contributed by atoms with Crippen LogP contribution in [0, 0.1) is 5.82 Å². The van der Waals surface area contributed by atoms with E-state index >= 15 is 0 Å². The average Bonchev–Trinajstić information content (AvgIpc) is 2.96. The maximum absolute atomic E-state index is 13.8. The zero-order valence-electron chi connectivity index (χ0n) is 12.9. The van der Waals surface area contributed by atoms with Crippen molar-refractivity contribution in [3.63, 3.8) is 0 Å². The molecule has 0 unspecified atom stereocenters. The number of alkyl halides is 3. The van der Waals surface area contributed by atoms with Gasteiger partial charge in [-0.1, -0.05) is 0 Å². The van der Waals surface area contributed by atoms with Gasteiger partial charge in [0.2, 0.25) is 5.88 Å². The summed E-state index contributed by atoms with van der Waals surface area (Å²) >= 11 is 0. The second-order valence-corrected chi connectivity index (χ2v) is 7.09. The lowest BCUT2D eigenvalue weighted by Gasteiger charge is -2.12. The number of aromatic nitrogens is 3. The van der Waals surface area contributed by atoms with E-state index in [4.69, 9.17) is 4.74 Å². The third-order valence-electron chi connectivity index (χ3n) is 3.10. The smallest absolute Gasteiger partial charge is 0.439 e. The SMILES string of the molecule is CS(=O)(=O)c1cc(Oc2ccc(OC(F)(F)F)c(F)c2)n2ncnc2c1. The summed E-state index contributed by atoms with van der Waals surface area (Å²) in [6.07, 6.45) is -2.92. The monoisotopic (exact) mass is 391 g/mol. The molecule has 26 heavy (non-hydrogen) atoms. The molecule has 0 bridgehead atoms. The van der Waals surface area contributed by atoms with Crippen LogP contribution in [0.2, 0.25) is 0 Å². The van der Waals surface area contributed by atoms with Gasteiger partial charge in [-0.15, -0.1) is 13.2 Å². The van der Waals surface area contributed by atoms with Crippen LogP contribution in [-0.4, -0.2) is 35.6 Å². The van der Waals surface area contributed by atoms with E-state index in [9.17, 15) is 26.0 Å². The number of sulfone groups is 1. The van der Waals surface area contributed by atoms with E-state index in [1.165, 1.54) is 6.07 Å². The Morgan fingerprint density at radius 3 is 2.50 bits per heavy atom. The Morgan fingerprint density at radius 1 is 1.15 bits per heavy atom. The molecule has 0 atom stereocenters. The van der Waals surface area contributed by atoms with Gasteiger partial charge in [0.15, 0.2) is 27.1 Å². The molecule has 0 aliphatic rings. The first-order valence-electron chi connectivity index (χ1n) is 6.80. The summed E-state index contributed by atoms with van der Waals surface area (Å²) in [5, 5.41) is 3.84. The van der Waals surface area contributed by atoms with Gasteiger partial charge in [0.25, 0.3) is 0 Å². The lowest BCUT2D eigenvalue weighted by molar-refractivity contribution is -0.275. The maximum atomic E-state index is 13.8. The number of rotatable bonds is 4. The molecule has 0 saturated heterocycles. The number of ether oxygens (including phenoxy) is 2. The molecule has 2 aromatic heterocycles. The first-order chi connectivity index (χ1) is 12.0. The molecule has 0 saturated carbocycles. The van der Waals surface area contributed by atoms with E-state index in [0.29, 0.717) is 6.07 Å². The van der Waals surface area contributed by atoms with Crippen LogP contribution in [0.25, 0.3) is 5.65 Å². The summed E-state index contributed by atoms with van der Waals surface area (Å²) in [5.41, 5.74) is 0.153. The number of hydrogen-bond acceptors (Lipinski definition) is 6. The van der Waals surface area contributed by atoms with Crippen LogP contribution in [0.5, 0.6) is 17.4 Å². The van der Waals surface area contributed by atoms with Gasteiger partial charge in [-0.3, -0.25) is 0 Å². The van der Waals surface area contributed by atoms with Gasteiger partial charge in [-0.2, -0.15) is 9.61 Å². The van der Waals surface area contributed by atoms with Crippen LogP contribution in [0.4, 0.5) is 17.6 Å². The van der Waals surface area contributed by atoms with E-state index in [0.717, 1.165) is 35.3 Å². The Labute approximate surface area is 143 Å². The van der Waals surface area contributed by atoms with Gasteiger partial charge in [0.1, 0.15) is 12.1 Å². The summed E-state index contributed by atoms with van der Waals surface area (Å²) in [6, 6.07) is 4.82. The lowest BCUT2D eigenvalue weighted by atomic mass is 10.3. The summed E-state index contributed by atoms with van der Waals surface area (Å²) in [4.78, 5) is 3.74. The number of nitrogens with zero attached hydrogens (tertiary/aromatic N) is 3. The number of hydrogen-bond donors (Lipinski definition) is 0. The van der Waals surface area contributed by atoms with Gasteiger partial charge in [-0.25, -0.2) is 17.8 Å². The molecule has 7 nitrogen and oxygen atoms in total. The predicted molar refractivity (Wildman–Crippen MR) is 79.3 cm³/mol. The molecule has 0 radical (unpaired) electrons. The van der Waals surface area contributed by atoms with Gasteiger partial charge in [0.05, 0.1) is 4.90 Å². The first kappa shape index (κ1) is 17.9. The van der Waals surface area contributed by atoms with E-state index < -0.39 is 27.8 Å². The van der Waals surface area contributed by atoms with Crippen molar-refractivity contribution in [1.82, 2.24) is 14.6 Å². The predicted octanol–water partition coefficient (Wildman–Crippen LogP) is 2.96. The standard InChI is InChI=1S/C14H9F4N3O4S/c1-26(22,23)9-5-12-19-7-20-21(12)13(6-9)24-8-2-3-11(10(15)4-8)25-14(16,17)18/h2-7H,1H3. The molecule has 138 valence electrons. The minimum absolute atomic E-state index is 0.120. The van der Waals surface area contributed by atoms with Crippen LogP contribution < -0.4 is 9.47 Å². The van der Waals surface area contributed by atoms with Crippen LogP contribution >= 0.6 is 0 Å². The second kappa shape index (κ2) is 6.12. The fourth-order valence-corrected chi connectivity index (χ4v) is 2.66. The third-order valence-corrected chi connectivity index (χ3v) is 4.19. The summed E-state index contributed by atoms with van der Waals surface area (Å²) in [6.45, 7) is 0. The van der Waals surface area contributed by atoms with Gasteiger partial charge in [0, 0.05) is 24.5 Å². The van der Waals surface area contributed by atoms with Crippen molar-refractivity contribution in [3.8, 4) is 17.4 Å². The molecule has 0 aliphatic carbocycles. The number of halogens is 4. The highest BCUT2D eigenvalue weighted by Gasteiger charge is 2.32. The maximum Gasteiger partial charge on any atom is 0.573 e. The van der Waals surface area contributed by atoms with E-state index in [-0.39, 0.29) is 22.2 Å². The minimum Gasteiger partial charge on any atom is -0.439 e. The zero-order valence-corrected chi connectivity index (χ0v) is 13.7. The normalized spacial score (nSPS) is 12.3. The molecule has 0 aliphatic heterocycles. The Hall–Kier alpha value is -2.89. The van der Waals surface area contributed by atoms with Crippen molar-refractivity contribution in [2.75, 3.05) is 6.26 Å². The number of pyridine rings is 1. The van der Waals surface area contributed by atoms with Crippen molar-refractivity contribution >= 4 is 15.5 Å². The van der Waals surface area contributed by atoms with E-state index in [1.807, 2.05) is 0 Å². The van der Waals surface area contributed by atoms with Crippen molar-refractivity contribution in [2.24, 2.45) is 0 Å². The van der Waals surface area contributed by atoms with Gasteiger partial charge < -0.3 is 9.47 Å². The Balaban J connectivity index is 1.99. The number of benzene rings is 1. The van der Waals surface area contributed by atoms with Crippen LogP contribution in [0.15, 0.2) is 41.6 Å². The summed E-state index contributed by atoms with van der Waals surface area (Å²) < 4.78 is 83.8. The topological polar surface area (TPSA) is 82.8 Å². The molecular formula is C14H9F4N3O4S. The fraction of sp³-hybridized carbons (Fsp3) is 0.143. The Kier molecular flexibility index (Phi) is 4.22. The fourth-order valence-electron chi connectivity index (χ4n) is 2.03. The highest BCUT2D eigenvalue weighted by molar-refractivity contribution is 7.90. The van der Waals surface area contributed by atoms with E-state index in [2.05, 4.69) is 14.8 Å². The quantitative estimate of drug-likeness (QED) is 0.636. The van der Waals surface area contributed by atoms with Crippen molar-refractivity contribution in [3.05, 3.63) is 42.5 Å². The molecule has 3 aromatic rings. The molecule has 0 spiro atoms. The van der Waals surface area contributed by atoms with Crippen molar-refractivity contribution in [2.45, 2.75) is 11.3 Å². The van der Waals surface area contributed by atoms with E-state index in [1.54, 1.807) is 0 Å². The Morgan fingerprint density at radius 2 is 1.88 bits per heavy atom. The summed E-state index contributed by atoms with van der Waals surface area (Å²) in [5.74, 6) is -2.65. The molecule has 1 aromatic carbocycles. The molecule has 0 amide bonds. The lowest BCUT2D eigenvalue weighted by Crippen LogP contribution is -2.17. The molecule has 12 heteroatoms. The summed E-state index contributed by atoms with van der Waals surface area (Å²) in [7, 11) is -3.60. The molecular weight excluding hydrogens is 382 g/mol. The van der Waals surface area contributed by atoms with Crippen LogP contribution in [-0.2, 0) is 9.84 Å². The first-order valence-corrected chi connectivity index (χ1v) is 8.69. The average molecular weight is 391 g/mol. The highest BCUT2D eigenvalue weighted by Crippen LogP contribution is 2.31. The molecule has 3 rings (SSSR count). The molecule has 2 heterocycles. The third kappa shape index (κ3) is 3.85. The second-order valence-electron chi connectivity index (χ2n) is 5.07. The zero-order chi connectivity index (χ0) is 19.1. The largest absolute Gasteiger partial charge is 0.573 e. The van der Waals surface area contributed by atoms with Crippen LogP contribution in [0.3, 0.4) is 0 Å². The highest BCUT2D eigenvalue weighted by atomic mass is 32.2. The van der Waals surface area contributed by atoms with Crippen molar-refractivity contribution < 1.29 is 35.5 Å². The van der Waals surface area contributed by atoms with Crippen LogP contribution in [0.1, 0.15) is 0 Å². The van der Waals surface area contributed by atoms with Gasteiger partial charge >= 0.3 is 6.36 Å². The van der Waals surface area contributed by atoms with Crippen molar-refractivity contribution in [1.29, 1.82) is 0 Å². The number of fused-ring (bicyclic) bond motifs is 1. The molecule has 0 N–H and O–H groups in total. The van der Waals surface area contributed by atoms with Gasteiger partial charge in [-0.05, 0) is 12.1 Å². The molecule has 0 fully saturated rings.